The predicted molar refractivity (Wildman–Crippen MR) is 99.7 cm³/mol. The van der Waals surface area contributed by atoms with E-state index in [0.717, 1.165) is 10.5 Å². The molecule has 0 aliphatic carbocycles. The van der Waals surface area contributed by atoms with Crippen LogP contribution >= 0.6 is 0 Å². The number of hydrogen-bond acceptors (Lipinski definition) is 5. The third-order valence-electron chi connectivity index (χ3n) is 5.04. The molecule has 1 aromatic carbocycles. The molecule has 8 nitrogen and oxygen atoms in total. The molecule has 1 saturated heterocycles. The average molecular weight is 377 g/mol. The number of carbonyl (C=O) groups excluding carboxylic acids is 3. The van der Waals surface area contributed by atoms with Crippen molar-refractivity contribution in [1.82, 2.24) is 15.5 Å². The number of imide groups is 1. The standard InChI is InChI=1S/C19H27N3O5/c1-6-19(7-2)17(24)22(18(25)21-19)11-16(23)20-12(3)14-10-13(26-4)8-9-15(14)27-5/h8-10,12H,6-7,11H2,1-5H3,(H,20,23)(H,21,25). The smallest absolute Gasteiger partial charge is 0.325 e. The van der Waals surface area contributed by atoms with Crippen molar-refractivity contribution in [2.45, 2.75) is 45.2 Å². The lowest BCUT2D eigenvalue weighted by molar-refractivity contribution is -0.135. The highest BCUT2D eigenvalue weighted by atomic mass is 16.5. The van der Waals surface area contributed by atoms with Gasteiger partial charge >= 0.3 is 6.03 Å². The highest BCUT2D eigenvalue weighted by Gasteiger charge is 2.49. The number of ether oxygens (including phenoxy) is 2. The van der Waals surface area contributed by atoms with Crippen LogP contribution in [0.5, 0.6) is 11.5 Å². The van der Waals surface area contributed by atoms with E-state index in [9.17, 15) is 14.4 Å². The van der Waals surface area contributed by atoms with Gasteiger partial charge < -0.3 is 20.1 Å². The molecule has 148 valence electrons. The number of nitrogens with zero attached hydrogens (tertiary/aromatic N) is 1. The van der Waals surface area contributed by atoms with E-state index in [1.54, 1.807) is 39.3 Å². The summed E-state index contributed by atoms with van der Waals surface area (Å²) in [4.78, 5) is 38.2. The number of hydrogen-bond donors (Lipinski definition) is 2. The Labute approximate surface area is 159 Å². The Morgan fingerprint density at radius 3 is 2.41 bits per heavy atom. The molecule has 0 saturated carbocycles. The number of rotatable bonds is 8. The summed E-state index contributed by atoms with van der Waals surface area (Å²) in [6.45, 7) is 5.14. The van der Waals surface area contributed by atoms with Crippen molar-refractivity contribution in [1.29, 1.82) is 0 Å². The first-order valence-electron chi connectivity index (χ1n) is 8.97. The van der Waals surface area contributed by atoms with Crippen LogP contribution in [0.3, 0.4) is 0 Å². The largest absolute Gasteiger partial charge is 0.497 e. The van der Waals surface area contributed by atoms with Crippen LogP contribution in [0.25, 0.3) is 0 Å². The van der Waals surface area contributed by atoms with Crippen molar-refractivity contribution in [3.63, 3.8) is 0 Å². The zero-order chi connectivity index (χ0) is 20.2. The molecule has 1 fully saturated rings. The Kier molecular flexibility index (Phi) is 6.30. The summed E-state index contributed by atoms with van der Waals surface area (Å²) in [5, 5.41) is 5.52. The molecule has 2 N–H and O–H groups in total. The minimum atomic E-state index is -0.918. The first-order chi connectivity index (χ1) is 12.8. The third-order valence-corrected chi connectivity index (χ3v) is 5.04. The van der Waals surface area contributed by atoms with Gasteiger partial charge in [0.05, 0.1) is 20.3 Å². The Balaban J connectivity index is 2.10. The number of nitrogens with one attached hydrogen (secondary N) is 2. The maximum atomic E-state index is 12.6. The van der Waals surface area contributed by atoms with E-state index < -0.39 is 23.5 Å². The molecule has 1 aliphatic rings. The molecule has 2 rings (SSSR count). The van der Waals surface area contributed by atoms with E-state index in [4.69, 9.17) is 9.47 Å². The summed E-state index contributed by atoms with van der Waals surface area (Å²) >= 11 is 0. The summed E-state index contributed by atoms with van der Waals surface area (Å²) in [5.41, 5.74) is -0.183. The molecule has 4 amide bonds. The molecule has 0 spiro atoms. The fourth-order valence-corrected chi connectivity index (χ4v) is 3.24. The lowest BCUT2D eigenvalue weighted by Gasteiger charge is -2.23. The number of urea groups is 1. The zero-order valence-electron chi connectivity index (χ0n) is 16.4. The monoisotopic (exact) mass is 377 g/mol. The lowest BCUT2D eigenvalue weighted by Crippen LogP contribution is -2.46. The van der Waals surface area contributed by atoms with Gasteiger partial charge in [0.25, 0.3) is 5.91 Å². The van der Waals surface area contributed by atoms with E-state index in [2.05, 4.69) is 10.6 Å². The molecule has 27 heavy (non-hydrogen) atoms. The molecular weight excluding hydrogens is 350 g/mol. The van der Waals surface area contributed by atoms with Crippen molar-refractivity contribution >= 4 is 17.8 Å². The van der Waals surface area contributed by atoms with Crippen molar-refractivity contribution in [2.75, 3.05) is 20.8 Å². The zero-order valence-corrected chi connectivity index (χ0v) is 16.4. The van der Waals surface area contributed by atoms with E-state index in [-0.39, 0.29) is 12.5 Å². The second-order valence-corrected chi connectivity index (χ2v) is 6.51. The van der Waals surface area contributed by atoms with Crippen LogP contribution in [0.1, 0.15) is 45.2 Å². The van der Waals surface area contributed by atoms with E-state index in [0.29, 0.717) is 24.3 Å². The van der Waals surface area contributed by atoms with Gasteiger partial charge in [-0.15, -0.1) is 0 Å². The van der Waals surface area contributed by atoms with Crippen molar-refractivity contribution in [2.24, 2.45) is 0 Å². The normalized spacial score (nSPS) is 16.7. The highest BCUT2D eigenvalue weighted by Crippen LogP contribution is 2.29. The van der Waals surface area contributed by atoms with E-state index >= 15 is 0 Å². The molecule has 1 heterocycles. The maximum absolute atomic E-state index is 12.6. The quantitative estimate of drug-likeness (QED) is 0.676. The van der Waals surface area contributed by atoms with Gasteiger partial charge in [-0.1, -0.05) is 13.8 Å². The third kappa shape index (κ3) is 3.99. The van der Waals surface area contributed by atoms with Crippen LogP contribution in [-0.4, -0.2) is 49.0 Å². The van der Waals surface area contributed by atoms with Crippen LogP contribution < -0.4 is 20.1 Å². The van der Waals surface area contributed by atoms with Gasteiger partial charge in [-0.2, -0.15) is 0 Å². The predicted octanol–water partition coefficient (Wildman–Crippen LogP) is 1.99. The van der Waals surface area contributed by atoms with E-state index in [1.807, 2.05) is 13.8 Å². The molecule has 0 aromatic heterocycles. The molecule has 1 unspecified atom stereocenters. The molecule has 8 heteroatoms. The summed E-state index contributed by atoms with van der Waals surface area (Å²) < 4.78 is 10.6. The number of methoxy groups -OCH3 is 2. The number of carbonyl (C=O) groups is 3. The number of amides is 4. The lowest BCUT2D eigenvalue weighted by atomic mass is 9.93. The molecule has 1 aromatic rings. The fraction of sp³-hybridized carbons (Fsp3) is 0.526. The molecule has 0 radical (unpaired) electrons. The molecule has 0 bridgehead atoms. The maximum Gasteiger partial charge on any atom is 0.325 e. The minimum absolute atomic E-state index is 0.330. The average Bonchev–Trinajstić information content (AvgIpc) is 2.91. The Bertz CT molecular complexity index is 730. The molecule has 1 aliphatic heterocycles. The first-order valence-corrected chi connectivity index (χ1v) is 8.97. The van der Waals surface area contributed by atoms with Crippen molar-refractivity contribution < 1.29 is 23.9 Å². The van der Waals surface area contributed by atoms with Crippen LogP contribution in [0.15, 0.2) is 18.2 Å². The van der Waals surface area contributed by atoms with Gasteiger partial charge in [0.1, 0.15) is 23.6 Å². The first kappa shape index (κ1) is 20.5. The van der Waals surface area contributed by atoms with Gasteiger partial charge in [-0.25, -0.2) is 4.79 Å². The van der Waals surface area contributed by atoms with Crippen molar-refractivity contribution in [3.05, 3.63) is 23.8 Å². The summed E-state index contributed by atoms with van der Waals surface area (Å²) in [7, 11) is 3.10. The Morgan fingerprint density at radius 1 is 1.22 bits per heavy atom. The minimum Gasteiger partial charge on any atom is -0.497 e. The SMILES string of the molecule is CCC1(CC)NC(=O)N(CC(=O)NC(C)c2cc(OC)ccc2OC)C1=O. The topological polar surface area (TPSA) is 97.0 Å². The Hall–Kier alpha value is -2.77. The van der Waals surface area contributed by atoms with Gasteiger partial charge in [0.2, 0.25) is 5.91 Å². The molecular formula is C19H27N3O5. The van der Waals surface area contributed by atoms with Crippen LogP contribution in [0.4, 0.5) is 4.79 Å². The van der Waals surface area contributed by atoms with Gasteiger partial charge in [-0.05, 0) is 38.0 Å². The second-order valence-electron chi connectivity index (χ2n) is 6.51. The van der Waals surface area contributed by atoms with Crippen molar-refractivity contribution in [3.8, 4) is 11.5 Å². The summed E-state index contributed by atoms with van der Waals surface area (Å²) in [6.07, 6.45) is 0.952. The van der Waals surface area contributed by atoms with Gasteiger partial charge in [-0.3, -0.25) is 14.5 Å². The Morgan fingerprint density at radius 2 is 1.89 bits per heavy atom. The summed E-state index contributed by atoms with van der Waals surface area (Å²) in [6, 6.07) is 4.36. The molecule has 1 atom stereocenters. The van der Waals surface area contributed by atoms with Gasteiger partial charge in [0, 0.05) is 5.56 Å². The van der Waals surface area contributed by atoms with Gasteiger partial charge in [0.15, 0.2) is 0 Å². The summed E-state index contributed by atoms with van der Waals surface area (Å²) in [5.74, 6) is 0.449. The van der Waals surface area contributed by atoms with E-state index in [1.165, 1.54) is 0 Å². The van der Waals surface area contributed by atoms with Crippen LogP contribution in [0, 0.1) is 0 Å². The fourth-order valence-electron chi connectivity index (χ4n) is 3.24. The second kappa shape index (κ2) is 8.28. The van der Waals surface area contributed by atoms with Crippen LogP contribution in [0.2, 0.25) is 0 Å². The highest BCUT2D eigenvalue weighted by molar-refractivity contribution is 6.09. The number of benzene rings is 1. The van der Waals surface area contributed by atoms with Crippen LogP contribution in [-0.2, 0) is 9.59 Å².